The van der Waals surface area contributed by atoms with Crippen molar-refractivity contribution in [1.29, 1.82) is 0 Å². The summed E-state index contributed by atoms with van der Waals surface area (Å²) in [7, 11) is 0. The van der Waals surface area contributed by atoms with Gasteiger partial charge < -0.3 is 9.90 Å². The molecule has 0 aliphatic rings. The first-order valence-corrected chi connectivity index (χ1v) is 5.27. The van der Waals surface area contributed by atoms with E-state index in [0.29, 0.717) is 19.5 Å². The molecule has 0 unspecified atom stereocenters. The van der Waals surface area contributed by atoms with Gasteiger partial charge in [0.1, 0.15) is 0 Å². The van der Waals surface area contributed by atoms with Crippen LogP contribution in [0.25, 0.3) is 0 Å². The van der Waals surface area contributed by atoms with E-state index in [1.807, 2.05) is 0 Å². The lowest BCUT2D eigenvalue weighted by Gasteiger charge is -2.11. The lowest BCUT2D eigenvalue weighted by molar-refractivity contribution is -0.255. The van der Waals surface area contributed by atoms with Crippen molar-refractivity contribution in [2.24, 2.45) is 0 Å². The first-order chi connectivity index (χ1) is 5.95. The predicted molar refractivity (Wildman–Crippen MR) is 55.9 cm³/mol. The Balaban J connectivity index is 3.50. The highest BCUT2D eigenvalue weighted by Crippen LogP contribution is 2.35. The first kappa shape index (κ1) is 11.0. The summed E-state index contributed by atoms with van der Waals surface area (Å²) in [5.74, 6) is -1.23. The van der Waals surface area contributed by atoms with Gasteiger partial charge in [0, 0.05) is 10.0 Å². The average molecular weight is 327 g/mol. The highest BCUT2D eigenvalue weighted by molar-refractivity contribution is 9.13. The van der Waals surface area contributed by atoms with E-state index in [1.165, 1.54) is 6.07 Å². The van der Waals surface area contributed by atoms with Crippen LogP contribution in [0.3, 0.4) is 0 Å². The molecule has 0 aliphatic carbocycles. The van der Waals surface area contributed by atoms with Crippen molar-refractivity contribution in [1.82, 2.24) is 0 Å². The minimum Gasteiger partial charge on any atom is -0.545 e. The van der Waals surface area contributed by atoms with Crippen LogP contribution in [-0.4, -0.2) is 5.97 Å². The van der Waals surface area contributed by atoms with E-state index in [0.717, 1.165) is 0 Å². The van der Waals surface area contributed by atoms with Gasteiger partial charge >= 0.3 is 0 Å². The Morgan fingerprint density at radius 2 is 2.00 bits per heavy atom. The molecule has 0 spiro atoms. The van der Waals surface area contributed by atoms with E-state index < -0.39 is 5.97 Å². The smallest absolute Gasteiger partial charge is 0.0718 e. The molecule has 0 saturated heterocycles. The molecule has 0 N–H and O–H groups in total. The highest BCUT2D eigenvalue weighted by atomic mass is 79.9. The zero-order valence-electron chi connectivity index (χ0n) is 6.53. The summed E-state index contributed by atoms with van der Waals surface area (Å²) in [6.45, 7) is 1.68. The van der Waals surface area contributed by atoms with Gasteiger partial charge in [0.25, 0.3) is 0 Å². The van der Waals surface area contributed by atoms with E-state index in [1.54, 1.807) is 6.92 Å². The summed E-state index contributed by atoms with van der Waals surface area (Å²) in [5, 5.41) is 11.0. The second-order valence-electron chi connectivity index (χ2n) is 2.45. The quantitative estimate of drug-likeness (QED) is 0.744. The Bertz CT molecular complexity index is 377. The van der Waals surface area contributed by atoms with Crippen LogP contribution in [0.5, 0.6) is 0 Å². The summed E-state index contributed by atoms with van der Waals surface area (Å²) in [4.78, 5) is 10.6. The molecule has 0 bridgehead atoms. The standard InChI is InChI=1S/C8H5Br2ClO2/c1-3-4(8(12)13)2-5(11)7(10)6(3)9/h2H,1H3,(H,12,13)/p-1. The van der Waals surface area contributed by atoms with Crippen molar-refractivity contribution in [2.45, 2.75) is 6.92 Å². The molecule has 5 heteroatoms. The molecule has 1 rings (SSSR count). The van der Waals surface area contributed by atoms with Gasteiger partial charge in [-0.2, -0.15) is 0 Å². The largest absolute Gasteiger partial charge is 0.545 e. The van der Waals surface area contributed by atoms with E-state index in [4.69, 9.17) is 11.6 Å². The molecule has 0 saturated carbocycles. The summed E-state index contributed by atoms with van der Waals surface area (Å²) >= 11 is 12.2. The third kappa shape index (κ3) is 2.06. The number of carboxylic acids is 1. The molecule has 0 heterocycles. The van der Waals surface area contributed by atoms with Gasteiger partial charge in [-0.25, -0.2) is 0 Å². The molecule has 0 amide bonds. The molecule has 0 aliphatic heterocycles. The van der Waals surface area contributed by atoms with Crippen LogP contribution in [0.1, 0.15) is 15.9 Å². The van der Waals surface area contributed by atoms with Crippen molar-refractivity contribution < 1.29 is 9.90 Å². The van der Waals surface area contributed by atoms with Crippen LogP contribution in [0.15, 0.2) is 15.0 Å². The minimum absolute atomic E-state index is 0.0973. The highest BCUT2D eigenvalue weighted by Gasteiger charge is 2.10. The molecule has 13 heavy (non-hydrogen) atoms. The summed E-state index contributed by atoms with van der Waals surface area (Å²) < 4.78 is 1.29. The molecule has 2 nitrogen and oxygen atoms in total. The van der Waals surface area contributed by atoms with Crippen LogP contribution in [0.2, 0.25) is 5.02 Å². The number of hydrogen-bond acceptors (Lipinski definition) is 2. The van der Waals surface area contributed by atoms with Gasteiger partial charge in [-0.05, 0) is 50.4 Å². The second kappa shape index (κ2) is 3.98. The van der Waals surface area contributed by atoms with Crippen LogP contribution in [0.4, 0.5) is 0 Å². The number of rotatable bonds is 1. The fraction of sp³-hybridized carbons (Fsp3) is 0.125. The Morgan fingerprint density at radius 1 is 1.46 bits per heavy atom. The normalized spacial score (nSPS) is 10.2. The number of halogens is 3. The van der Waals surface area contributed by atoms with Crippen molar-refractivity contribution in [3.63, 3.8) is 0 Å². The third-order valence-electron chi connectivity index (χ3n) is 1.63. The van der Waals surface area contributed by atoms with Gasteiger partial charge in [-0.1, -0.05) is 11.6 Å². The zero-order chi connectivity index (χ0) is 10.2. The molecule has 1 aromatic carbocycles. The molecule has 0 atom stereocenters. The molecular formula is C8H4Br2ClO2-. The molecular weight excluding hydrogens is 323 g/mol. The fourth-order valence-electron chi connectivity index (χ4n) is 0.898. The van der Waals surface area contributed by atoms with Crippen molar-refractivity contribution in [3.05, 3.63) is 31.2 Å². The zero-order valence-corrected chi connectivity index (χ0v) is 10.5. The van der Waals surface area contributed by atoms with Crippen LogP contribution in [-0.2, 0) is 0 Å². The van der Waals surface area contributed by atoms with Crippen LogP contribution < -0.4 is 5.11 Å². The second-order valence-corrected chi connectivity index (χ2v) is 4.44. The molecule has 0 aromatic heterocycles. The minimum atomic E-state index is -1.23. The van der Waals surface area contributed by atoms with Gasteiger partial charge in [-0.15, -0.1) is 0 Å². The summed E-state index contributed by atoms with van der Waals surface area (Å²) in [6.07, 6.45) is 0. The predicted octanol–water partition coefficient (Wildman–Crippen LogP) is 2.54. The van der Waals surface area contributed by atoms with E-state index in [9.17, 15) is 9.90 Å². The van der Waals surface area contributed by atoms with Gasteiger partial charge in [0.2, 0.25) is 0 Å². The Hall–Kier alpha value is -0.0600. The van der Waals surface area contributed by atoms with Crippen LogP contribution >= 0.6 is 43.5 Å². The van der Waals surface area contributed by atoms with E-state index >= 15 is 0 Å². The number of carbonyl (C=O) groups is 1. The monoisotopic (exact) mass is 325 g/mol. The maximum Gasteiger partial charge on any atom is 0.0718 e. The number of aromatic carboxylic acids is 1. The Labute approximate surface area is 97.2 Å². The molecule has 1 aromatic rings. The number of carbonyl (C=O) groups excluding carboxylic acids is 1. The number of carboxylic acid groups (broad SMARTS) is 1. The van der Waals surface area contributed by atoms with Crippen molar-refractivity contribution in [2.75, 3.05) is 0 Å². The topological polar surface area (TPSA) is 40.1 Å². The Morgan fingerprint density at radius 3 is 2.46 bits per heavy atom. The molecule has 0 radical (unpaired) electrons. The van der Waals surface area contributed by atoms with Crippen molar-refractivity contribution >= 4 is 49.4 Å². The summed E-state index contributed by atoms with van der Waals surface area (Å²) in [5.41, 5.74) is 0.691. The van der Waals surface area contributed by atoms with E-state index in [-0.39, 0.29) is 5.56 Å². The maximum atomic E-state index is 10.6. The van der Waals surface area contributed by atoms with Crippen LogP contribution in [0, 0.1) is 6.92 Å². The lowest BCUT2D eigenvalue weighted by atomic mass is 10.1. The number of benzene rings is 1. The molecule has 70 valence electrons. The first-order valence-electron chi connectivity index (χ1n) is 3.30. The lowest BCUT2D eigenvalue weighted by Crippen LogP contribution is -2.23. The molecule has 0 fully saturated rings. The van der Waals surface area contributed by atoms with Crippen molar-refractivity contribution in [3.8, 4) is 0 Å². The van der Waals surface area contributed by atoms with E-state index in [2.05, 4.69) is 31.9 Å². The van der Waals surface area contributed by atoms with Gasteiger partial charge in [0.15, 0.2) is 0 Å². The maximum absolute atomic E-state index is 10.6. The van der Waals surface area contributed by atoms with Gasteiger partial charge in [-0.3, -0.25) is 0 Å². The summed E-state index contributed by atoms with van der Waals surface area (Å²) in [6, 6.07) is 1.36. The third-order valence-corrected chi connectivity index (χ3v) is 4.50. The average Bonchev–Trinajstić information content (AvgIpc) is 2.07. The van der Waals surface area contributed by atoms with Gasteiger partial charge in [0.05, 0.1) is 15.5 Å². The number of hydrogen-bond donors (Lipinski definition) is 0. The Kier molecular flexibility index (Phi) is 3.38. The fourth-order valence-corrected chi connectivity index (χ4v) is 2.05. The SMILES string of the molecule is Cc1c(C(=O)[O-])cc(Cl)c(Br)c1Br.